The van der Waals surface area contributed by atoms with Gasteiger partial charge in [-0.3, -0.25) is 4.79 Å². The lowest BCUT2D eigenvalue weighted by Crippen LogP contribution is -2.60. The van der Waals surface area contributed by atoms with Gasteiger partial charge in [-0.15, -0.1) is 0 Å². The summed E-state index contributed by atoms with van der Waals surface area (Å²) in [5, 5.41) is 8.99. The average molecular weight is 221 g/mol. The number of amides is 1. The van der Waals surface area contributed by atoms with Crippen molar-refractivity contribution in [2.75, 3.05) is 19.3 Å². The van der Waals surface area contributed by atoms with Gasteiger partial charge in [-0.25, -0.2) is 8.42 Å². The Morgan fingerprint density at radius 3 is 2.14 bits per heavy atom. The quantitative estimate of drug-likeness (QED) is 0.650. The van der Waals surface area contributed by atoms with Gasteiger partial charge >= 0.3 is 0 Å². The predicted octanol–water partition coefficient (Wildman–Crippen LogP) is -0.987. The lowest BCUT2D eigenvalue weighted by Gasteiger charge is -2.39. The van der Waals surface area contributed by atoms with Crippen molar-refractivity contribution >= 4 is 15.7 Å². The predicted molar refractivity (Wildman–Crippen MR) is 51.5 cm³/mol. The molecule has 0 atom stereocenters. The van der Waals surface area contributed by atoms with Gasteiger partial charge in [0.1, 0.15) is 4.75 Å². The van der Waals surface area contributed by atoms with Crippen LogP contribution in [0.3, 0.4) is 0 Å². The monoisotopic (exact) mass is 221 g/mol. The van der Waals surface area contributed by atoms with Crippen molar-refractivity contribution in [3.63, 3.8) is 0 Å². The SMILES string of the molecule is CC(C)(C(=O)N1CC(O)C1)S(C)(=O)=O. The number of carbonyl (C=O) groups is 1. The Balaban J connectivity index is 2.79. The maximum atomic E-state index is 11.7. The molecule has 82 valence electrons. The Bertz CT molecular complexity index is 340. The number of β-amino-alcohol motifs (C(OH)–C–C–N with tert-alkyl or cyclic N) is 1. The Morgan fingerprint density at radius 1 is 1.43 bits per heavy atom. The molecule has 1 aliphatic heterocycles. The third kappa shape index (κ3) is 1.76. The molecular formula is C8H15NO4S. The van der Waals surface area contributed by atoms with Crippen LogP contribution in [0.4, 0.5) is 0 Å². The van der Waals surface area contributed by atoms with E-state index in [4.69, 9.17) is 5.11 Å². The summed E-state index contributed by atoms with van der Waals surface area (Å²) in [6, 6.07) is 0. The molecule has 6 heteroatoms. The van der Waals surface area contributed by atoms with Crippen LogP contribution in [0.15, 0.2) is 0 Å². The van der Waals surface area contributed by atoms with Crippen LogP contribution in [0.2, 0.25) is 0 Å². The summed E-state index contributed by atoms with van der Waals surface area (Å²) < 4.78 is 21.2. The van der Waals surface area contributed by atoms with E-state index in [2.05, 4.69) is 0 Å². The van der Waals surface area contributed by atoms with Crippen LogP contribution < -0.4 is 0 Å². The van der Waals surface area contributed by atoms with Crippen molar-refractivity contribution in [3.05, 3.63) is 0 Å². The van der Waals surface area contributed by atoms with E-state index >= 15 is 0 Å². The summed E-state index contributed by atoms with van der Waals surface area (Å²) >= 11 is 0. The first kappa shape index (κ1) is 11.5. The molecule has 0 bridgehead atoms. The maximum absolute atomic E-state index is 11.7. The molecule has 0 aromatic rings. The fourth-order valence-corrected chi connectivity index (χ4v) is 1.61. The number of nitrogens with zero attached hydrogens (tertiary/aromatic N) is 1. The molecule has 1 saturated heterocycles. The smallest absolute Gasteiger partial charge is 0.243 e. The van der Waals surface area contributed by atoms with Crippen molar-refractivity contribution in [1.82, 2.24) is 4.90 Å². The van der Waals surface area contributed by atoms with E-state index < -0.39 is 26.6 Å². The first-order chi connectivity index (χ1) is 6.16. The molecule has 1 amide bonds. The number of sulfone groups is 1. The van der Waals surface area contributed by atoms with Crippen molar-refractivity contribution in [3.8, 4) is 0 Å². The number of aliphatic hydroxyl groups excluding tert-OH is 1. The number of rotatable bonds is 2. The molecule has 0 aromatic heterocycles. The third-order valence-electron chi connectivity index (χ3n) is 2.59. The molecule has 5 nitrogen and oxygen atoms in total. The summed E-state index contributed by atoms with van der Waals surface area (Å²) in [6.45, 7) is 3.24. The van der Waals surface area contributed by atoms with Gasteiger partial charge in [-0.05, 0) is 13.8 Å². The van der Waals surface area contributed by atoms with Crippen LogP contribution in [0, 0.1) is 0 Å². The molecule has 14 heavy (non-hydrogen) atoms. The minimum atomic E-state index is -3.41. The minimum Gasteiger partial charge on any atom is -0.389 e. The first-order valence-corrected chi connectivity index (χ1v) is 6.22. The lowest BCUT2D eigenvalue weighted by molar-refractivity contribution is -0.143. The van der Waals surface area contributed by atoms with Crippen LogP contribution in [0.5, 0.6) is 0 Å². The molecule has 0 unspecified atom stereocenters. The highest BCUT2D eigenvalue weighted by molar-refractivity contribution is 7.92. The van der Waals surface area contributed by atoms with Crippen LogP contribution in [0.1, 0.15) is 13.8 Å². The Hall–Kier alpha value is -0.620. The number of carbonyl (C=O) groups excluding carboxylic acids is 1. The summed E-state index contributed by atoms with van der Waals surface area (Å²) in [5.74, 6) is -0.440. The minimum absolute atomic E-state index is 0.234. The summed E-state index contributed by atoms with van der Waals surface area (Å²) in [7, 11) is -3.41. The van der Waals surface area contributed by atoms with Gasteiger partial charge in [0.05, 0.1) is 6.10 Å². The zero-order chi connectivity index (χ0) is 11.1. The van der Waals surface area contributed by atoms with Crippen LogP contribution in [-0.2, 0) is 14.6 Å². The highest BCUT2D eigenvalue weighted by atomic mass is 32.2. The van der Waals surface area contributed by atoms with Crippen LogP contribution in [-0.4, -0.2) is 54.5 Å². The third-order valence-corrected chi connectivity index (χ3v) is 4.62. The van der Waals surface area contributed by atoms with Gasteiger partial charge in [0.25, 0.3) is 0 Å². The fraction of sp³-hybridized carbons (Fsp3) is 0.875. The second kappa shape index (κ2) is 3.20. The molecule has 1 fully saturated rings. The van der Waals surface area contributed by atoms with E-state index in [1.165, 1.54) is 18.7 Å². The van der Waals surface area contributed by atoms with Crippen LogP contribution in [0.25, 0.3) is 0 Å². The molecule has 1 aliphatic rings. The number of aliphatic hydroxyl groups is 1. The van der Waals surface area contributed by atoms with Crippen molar-refractivity contribution in [2.24, 2.45) is 0 Å². The van der Waals surface area contributed by atoms with Gasteiger partial charge < -0.3 is 10.0 Å². The van der Waals surface area contributed by atoms with E-state index in [1.54, 1.807) is 0 Å². The number of hydrogen-bond acceptors (Lipinski definition) is 4. The molecule has 0 aromatic carbocycles. The average Bonchev–Trinajstić information content (AvgIpc) is 1.95. The van der Waals surface area contributed by atoms with E-state index in [1.807, 2.05) is 0 Å². The summed E-state index contributed by atoms with van der Waals surface area (Å²) in [5.41, 5.74) is 0. The normalized spacial score (nSPS) is 19.3. The Labute approximate surface area is 83.6 Å². The zero-order valence-corrected chi connectivity index (χ0v) is 9.34. The molecule has 1 rings (SSSR count). The highest BCUT2D eigenvalue weighted by Gasteiger charge is 2.44. The molecule has 0 radical (unpaired) electrons. The van der Waals surface area contributed by atoms with E-state index in [0.29, 0.717) is 0 Å². The molecule has 1 N–H and O–H groups in total. The van der Waals surface area contributed by atoms with Crippen molar-refractivity contribution < 1.29 is 18.3 Å². The topological polar surface area (TPSA) is 74.7 Å². The fourth-order valence-electron chi connectivity index (χ4n) is 1.16. The van der Waals surface area contributed by atoms with E-state index in [-0.39, 0.29) is 13.1 Å². The first-order valence-electron chi connectivity index (χ1n) is 4.33. The van der Waals surface area contributed by atoms with Gasteiger partial charge in [0.2, 0.25) is 5.91 Å². The second-order valence-corrected chi connectivity index (χ2v) is 6.71. The Morgan fingerprint density at radius 2 is 1.86 bits per heavy atom. The molecule has 0 saturated carbocycles. The molecule has 0 aliphatic carbocycles. The van der Waals surface area contributed by atoms with Crippen molar-refractivity contribution in [1.29, 1.82) is 0 Å². The van der Waals surface area contributed by atoms with Gasteiger partial charge in [-0.1, -0.05) is 0 Å². The zero-order valence-electron chi connectivity index (χ0n) is 8.52. The molecular weight excluding hydrogens is 206 g/mol. The van der Waals surface area contributed by atoms with Gasteiger partial charge in [0.15, 0.2) is 9.84 Å². The van der Waals surface area contributed by atoms with Crippen LogP contribution >= 0.6 is 0 Å². The Kier molecular flexibility index (Phi) is 2.62. The lowest BCUT2D eigenvalue weighted by atomic mass is 10.1. The van der Waals surface area contributed by atoms with Crippen molar-refractivity contribution in [2.45, 2.75) is 24.7 Å². The molecule has 0 spiro atoms. The highest BCUT2D eigenvalue weighted by Crippen LogP contribution is 2.21. The summed E-state index contributed by atoms with van der Waals surface area (Å²) in [6.07, 6.45) is 0.538. The molecule has 1 heterocycles. The van der Waals surface area contributed by atoms with Gasteiger partial charge in [0, 0.05) is 19.3 Å². The largest absolute Gasteiger partial charge is 0.389 e. The standard InChI is InChI=1S/C8H15NO4S/c1-8(2,14(3,12)13)7(11)9-4-6(10)5-9/h6,10H,4-5H2,1-3H3. The second-order valence-electron chi connectivity index (χ2n) is 4.15. The van der Waals surface area contributed by atoms with E-state index in [0.717, 1.165) is 6.26 Å². The number of likely N-dealkylation sites (tertiary alicyclic amines) is 1. The maximum Gasteiger partial charge on any atom is 0.243 e. The van der Waals surface area contributed by atoms with Gasteiger partial charge in [-0.2, -0.15) is 0 Å². The van der Waals surface area contributed by atoms with E-state index in [9.17, 15) is 13.2 Å². The summed E-state index contributed by atoms with van der Waals surface area (Å²) in [4.78, 5) is 13.0. The number of hydrogen-bond donors (Lipinski definition) is 1.